The van der Waals surface area contributed by atoms with Crippen molar-refractivity contribution in [3.8, 4) is 0 Å². The van der Waals surface area contributed by atoms with E-state index in [1.54, 1.807) is 16.4 Å². The molecule has 0 spiro atoms. The van der Waals surface area contributed by atoms with Gasteiger partial charge in [0.15, 0.2) is 0 Å². The average molecular weight is 530 g/mol. The van der Waals surface area contributed by atoms with Gasteiger partial charge in [-0.3, -0.25) is 4.90 Å². The van der Waals surface area contributed by atoms with Gasteiger partial charge in [-0.15, -0.1) is 0 Å². The Kier molecular flexibility index (Phi) is 7.74. The summed E-state index contributed by atoms with van der Waals surface area (Å²) in [7, 11) is -3.52. The first-order chi connectivity index (χ1) is 18.4. The summed E-state index contributed by atoms with van der Waals surface area (Å²) in [5.74, 6) is 1.50. The van der Waals surface area contributed by atoms with Crippen LogP contribution in [0.25, 0.3) is 10.9 Å². The maximum Gasteiger partial charge on any atom is 0.243 e. The highest BCUT2D eigenvalue weighted by Crippen LogP contribution is 2.29. The lowest BCUT2D eigenvalue weighted by Crippen LogP contribution is -2.49. The Morgan fingerprint density at radius 1 is 0.895 bits per heavy atom. The molecule has 0 radical (unpaired) electrons. The van der Waals surface area contributed by atoms with E-state index in [2.05, 4.69) is 37.1 Å². The van der Waals surface area contributed by atoms with Crippen molar-refractivity contribution in [2.75, 3.05) is 31.5 Å². The van der Waals surface area contributed by atoms with Gasteiger partial charge in [-0.1, -0.05) is 55.8 Å². The molecule has 4 aromatic rings. The Morgan fingerprint density at radius 3 is 2.29 bits per heavy atom. The second kappa shape index (κ2) is 11.2. The summed E-state index contributed by atoms with van der Waals surface area (Å²) in [5.41, 5.74) is 4.20. The first kappa shape index (κ1) is 26.3. The van der Waals surface area contributed by atoms with Gasteiger partial charge >= 0.3 is 0 Å². The summed E-state index contributed by atoms with van der Waals surface area (Å²) < 4.78 is 28.1. The van der Waals surface area contributed by atoms with E-state index in [4.69, 9.17) is 9.97 Å². The fourth-order valence-corrected chi connectivity index (χ4v) is 6.40. The molecule has 2 heterocycles. The maximum absolute atomic E-state index is 13.3. The number of nitrogens with zero attached hydrogens (tertiary/aromatic N) is 4. The number of para-hydroxylation sites is 2. The molecule has 38 heavy (non-hydrogen) atoms. The molecule has 0 amide bonds. The van der Waals surface area contributed by atoms with E-state index in [1.165, 1.54) is 0 Å². The zero-order chi connectivity index (χ0) is 26.7. The molecule has 0 bridgehead atoms. The SMILES string of the molecule is CCCc1ccc(S(=O)(=O)N2CCN([C@@H](C)c3nc(Nc4ccccc4C)c4ccccc4n3)CC2)cc1. The Balaban J connectivity index is 1.33. The van der Waals surface area contributed by atoms with Crippen LogP contribution in [0.15, 0.2) is 77.7 Å². The van der Waals surface area contributed by atoms with E-state index in [9.17, 15) is 8.42 Å². The first-order valence-electron chi connectivity index (χ1n) is 13.3. The fourth-order valence-electron chi connectivity index (χ4n) is 4.98. The molecule has 1 aliphatic heterocycles. The van der Waals surface area contributed by atoms with Crippen molar-refractivity contribution in [2.45, 2.75) is 44.6 Å². The minimum Gasteiger partial charge on any atom is -0.339 e. The van der Waals surface area contributed by atoms with E-state index in [1.807, 2.05) is 54.6 Å². The van der Waals surface area contributed by atoms with Crippen LogP contribution in [0.1, 0.15) is 43.3 Å². The number of hydrogen-bond donors (Lipinski definition) is 1. The Bertz CT molecular complexity index is 1510. The summed E-state index contributed by atoms with van der Waals surface area (Å²) >= 11 is 0. The van der Waals surface area contributed by atoms with E-state index in [0.717, 1.165) is 52.2 Å². The van der Waals surface area contributed by atoms with Gasteiger partial charge in [-0.2, -0.15) is 4.31 Å². The molecule has 0 saturated carbocycles. The molecular weight excluding hydrogens is 494 g/mol. The molecule has 1 saturated heterocycles. The maximum atomic E-state index is 13.3. The molecule has 5 rings (SSSR count). The third kappa shape index (κ3) is 5.43. The molecule has 7 nitrogen and oxygen atoms in total. The third-order valence-electron chi connectivity index (χ3n) is 7.31. The molecule has 0 unspecified atom stereocenters. The summed E-state index contributed by atoms with van der Waals surface area (Å²) in [4.78, 5) is 12.5. The fraction of sp³-hybridized carbons (Fsp3) is 0.333. The number of hydrogen-bond acceptors (Lipinski definition) is 6. The first-order valence-corrected chi connectivity index (χ1v) is 14.7. The van der Waals surface area contributed by atoms with Crippen LogP contribution in [0, 0.1) is 6.92 Å². The van der Waals surface area contributed by atoms with Crippen molar-refractivity contribution < 1.29 is 8.42 Å². The zero-order valence-corrected chi connectivity index (χ0v) is 23.1. The van der Waals surface area contributed by atoms with Crippen LogP contribution >= 0.6 is 0 Å². The van der Waals surface area contributed by atoms with E-state index < -0.39 is 10.0 Å². The number of nitrogens with one attached hydrogen (secondary N) is 1. The monoisotopic (exact) mass is 529 g/mol. The summed E-state index contributed by atoms with van der Waals surface area (Å²) in [6, 6.07) is 23.4. The lowest BCUT2D eigenvalue weighted by Gasteiger charge is -2.37. The minimum absolute atomic E-state index is 0.0600. The highest BCUT2D eigenvalue weighted by molar-refractivity contribution is 7.89. The predicted octanol–water partition coefficient (Wildman–Crippen LogP) is 5.70. The summed E-state index contributed by atoms with van der Waals surface area (Å²) in [6.07, 6.45) is 1.99. The standard InChI is InChI=1S/C30H35N5O2S/c1-4-9-24-14-16-25(17-15-24)38(36,37)35-20-18-34(19-21-35)23(3)29-32-28-13-8-6-11-26(28)30(33-29)31-27-12-7-5-10-22(27)2/h5-8,10-17,23H,4,9,18-21H2,1-3H3,(H,31,32,33)/t23-/m0/s1. The van der Waals surface area contributed by atoms with Crippen LogP contribution in [0.2, 0.25) is 0 Å². The van der Waals surface area contributed by atoms with Crippen molar-refractivity contribution in [1.82, 2.24) is 19.2 Å². The Labute approximate surface area is 225 Å². The normalized spacial score (nSPS) is 16.0. The molecular formula is C30H35N5O2S. The predicted molar refractivity (Wildman–Crippen MR) is 153 cm³/mol. The number of anilines is 2. The van der Waals surface area contributed by atoms with E-state index >= 15 is 0 Å². The van der Waals surface area contributed by atoms with Gasteiger partial charge < -0.3 is 5.32 Å². The number of piperazine rings is 1. The molecule has 1 N–H and O–H groups in total. The number of aryl methyl sites for hydroxylation is 2. The van der Waals surface area contributed by atoms with Crippen molar-refractivity contribution in [3.63, 3.8) is 0 Å². The summed E-state index contributed by atoms with van der Waals surface area (Å²) in [5, 5.41) is 4.48. The van der Waals surface area contributed by atoms with Gasteiger partial charge in [0.25, 0.3) is 0 Å². The van der Waals surface area contributed by atoms with Crippen LogP contribution < -0.4 is 5.32 Å². The smallest absolute Gasteiger partial charge is 0.243 e. The Hall–Kier alpha value is -3.33. The number of fused-ring (bicyclic) bond motifs is 1. The molecule has 198 valence electrons. The van der Waals surface area contributed by atoms with Gasteiger partial charge in [0.2, 0.25) is 10.0 Å². The van der Waals surface area contributed by atoms with Gasteiger partial charge in [0, 0.05) is 37.3 Å². The van der Waals surface area contributed by atoms with Crippen molar-refractivity contribution in [1.29, 1.82) is 0 Å². The molecule has 1 atom stereocenters. The number of sulfonamides is 1. The van der Waals surface area contributed by atoms with Crippen molar-refractivity contribution in [2.24, 2.45) is 0 Å². The lowest BCUT2D eigenvalue weighted by molar-refractivity contribution is 0.141. The lowest BCUT2D eigenvalue weighted by atomic mass is 10.1. The molecule has 1 aromatic heterocycles. The molecule has 3 aromatic carbocycles. The van der Waals surface area contributed by atoms with Crippen LogP contribution in [0.3, 0.4) is 0 Å². The zero-order valence-electron chi connectivity index (χ0n) is 22.3. The van der Waals surface area contributed by atoms with Gasteiger partial charge in [-0.05, 0) is 61.7 Å². The topological polar surface area (TPSA) is 78.4 Å². The molecule has 1 aliphatic rings. The molecule has 8 heteroatoms. The second-order valence-electron chi connectivity index (χ2n) is 9.90. The van der Waals surface area contributed by atoms with Gasteiger partial charge in [-0.25, -0.2) is 18.4 Å². The molecule has 0 aliphatic carbocycles. The largest absolute Gasteiger partial charge is 0.339 e. The van der Waals surface area contributed by atoms with Crippen molar-refractivity contribution in [3.05, 3.63) is 89.7 Å². The second-order valence-corrected chi connectivity index (χ2v) is 11.8. The minimum atomic E-state index is -3.52. The quantitative estimate of drug-likeness (QED) is 0.315. The average Bonchev–Trinajstić information content (AvgIpc) is 2.94. The highest BCUT2D eigenvalue weighted by atomic mass is 32.2. The van der Waals surface area contributed by atoms with Crippen LogP contribution in [-0.2, 0) is 16.4 Å². The van der Waals surface area contributed by atoms with Gasteiger partial charge in [0.1, 0.15) is 11.6 Å². The summed E-state index contributed by atoms with van der Waals surface area (Å²) in [6.45, 7) is 8.39. The number of benzene rings is 3. The van der Waals surface area contributed by atoms with E-state index in [-0.39, 0.29) is 6.04 Å². The molecule has 1 fully saturated rings. The highest BCUT2D eigenvalue weighted by Gasteiger charge is 2.31. The number of aromatic nitrogens is 2. The van der Waals surface area contributed by atoms with Gasteiger partial charge in [0.05, 0.1) is 16.5 Å². The van der Waals surface area contributed by atoms with Crippen molar-refractivity contribution >= 4 is 32.4 Å². The van der Waals surface area contributed by atoms with Crippen LogP contribution in [-0.4, -0.2) is 53.8 Å². The van der Waals surface area contributed by atoms with Crippen LogP contribution in [0.5, 0.6) is 0 Å². The number of rotatable bonds is 8. The van der Waals surface area contributed by atoms with E-state index in [0.29, 0.717) is 31.1 Å². The van der Waals surface area contributed by atoms with Crippen LogP contribution in [0.4, 0.5) is 11.5 Å². The third-order valence-corrected chi connectivity index (χ3v) is 9.23. The Morgan fingerprint density at radius 2 is 1.58 bits per heavy atom.